The average molecular weight is 643 g/mol. The number of aryl methyl sites for hydroxylation is 1. The van der Waals surface area contributed by atoms with Gasteiger partial charge in [0.25, 0.3) is 11.8 Å². The topological polar surface area (TPSA) is 92.5 Å². The highest BCUT2D eigenvalue weighted by Gasteiger charge is 2.33. The van der Waals surface area contributed by atoms with Crippen LogP contribution in [0.4, 0.5) is 8.78 Å². The van der Waals surface area contributed by atoms with Crippen LogP contribution in [0.2, 0.25) is 0 Å². The summed E-state index contributed by atoms with van der Waals surface area (Å²) >= 11 is 2.78. The number of aromatic nitrogens is 3. The quantitative estimate of drug-likeness (QED) is 0.172. The number of rotatable bonds is 11. The summed E-state index contributed by atoms with van der Waals surface area (Å²) in [5, 5.41) is 20.0. The van der Waals surface area contributed by atoms with Crippen LogP contribution in [0.25, 0.3) is 0 Å². The molecule has 3 aromatic carbocycles. The summed E-state index contributed by atoms with van der Waals surface area (Å²) < 4.78 is 29.7. The van der Waals surface area contributed by atoms with E-state index in [0.29, 0.717) is 30.4 Å². The van der Waals surface area contributed by atoms with Crippen LogP contribution in [-0.2, 0) is 24.3 Å². The Bertz CT molecular complexity index is 1810. The molecule has 6 rings (SSSR count). The molecule has 45 heavy (non-hydrogen) atoms. The minimum absolute atomic E-state index is 0.0245. The van der Waals surface area contributed by atoms with E-state index in [4.69, 9.17) is 5.10 Å². The van der Waals surface area contributed by atoms with Gasteiger partial charge in [-0.1, -0.05) is 72.4 Å². The molecular weight excluding hydrogens is 615 g/mol. The van der Waals surface area contributed by atoms with Crippen molar-refractivity contribution in [2.75, 3.05) is 5.75 Å². The lowest BCUT2D eigenvalue weighted by atomic mass is 10.0. The largest absolute Gasteiger partial charge is 0.345 e. The van der Waals surface area contributed by atoms with E-state index in [-0.39, 0.29) is 35.6 Å². The summed E-state index contributed by atoms with van der Waals surface area (Å²) in [5.74, 6) is -1.23. The van der Waals surface area contributed by atoms with Gasteiger partial charge in [0.05, 0.1) is 34.5 Å². The first-order chi connectivity index (χ1) is 22.0. The van der Waals surface area contributed by atoms with E-state index >= 15 is 0 Å². The van der Waals surface area contributed by atoms with Crippen molar-refractivity contribution < 1.29 is 18.4 Å². The summed E-state index contributed by atoms with van der Waals surface area (Å²) in [6, 6.07) is 25.4. The SMILES string of the molecule is O=C(NCc1nnc(SCC(=O)N2N=C(c3cccs3)CC2c2ccc(F)cc2)n1CCc1ccccc1)c1ccccc1F. The van der Waals surface area contributed by atoms with Crippen molar-refractivity contribution in [1.29, 1.82) is 0 Å². The van der Waals surface area contributed by atoms with Gasteiger partial charge in [-0.2, -0.15) is 5.10 Å². The molecule has 1 N–H and O–H groups in total. The lowest BCUT2D eigenvalue weighted by Crippen LogP contribution is -2.29. The van der Waals surface area contributed by atoms with Crippen molar-refractivity contribution in [1.82, 2.24) is 25.1 Å². The molecule has 2 amide bonds. The fraction of sp³-hybridized carbons (Fsp3) is 0.182. The van der Waals surface area contributed by atoms with Crippen LogP contribution in [0.5, 0.6) is 0 Å². The molecule has 0 spiro atoms. The van der Waals surface area contributed by atoms with Gasteiger partial charge in [-0.15, -0.1) is 21.5 Å². The molecular formula is C33H28F2N6O2S2. The lowest BCUT2D eigenvalue weighted by molar-refractivity contribution is -0.130. The van der Waals surface area contributed by atoms with Crippen molar-refractivity contribution in [3.05, 3.63) is 135 Å². The number of halogens is 2. The maximum Gasteiger partial charge on any atom is 0.254 e. The average Bonchev–Trinajstić information content (AvgIpc) is 3.83. The van der Waals surface area contributed by atoms with Gasteiger partial charge in [-0.25, -0.2) is 13.8 Å². The third-order valence-electron chi connectivity index (χ3n) is 7.34. The molecule has 1 aliphatic rings. The van der Waals surface area contributed by atoms with Crippen LogP contribution in [-0.4, -0.2) is 43.1 Å². The Morgan fingerprint density at radius 3 is 2.47 bits per heavy atom. The molecule has 1 aliphatic heterocycles. The van der Waals surface area contributed by atoms with E-state index in [1.807, 2.05) is 52.4 Å². The Balaban J connectivity index is 1.20. The van der Waals surface area contributed by atoms with Crippen LogP contribution in [0.1, 0.15) is 44.6 Å². The number of carbonyl (C=O) groups excluding carboxylic acids is 2. The van der Waals surface area contributed by atoms with Crippen molar-refractivity contribution in [2.45, 2.75) is 37.1 Å². The first-order valence-corrected chi connectivity index (χ1v) is 16.1. The maximum absolute atomic E-state index is 14.2. The number of thioether (sulfide) groups is 1. The lowest BCUT2D eigenvalue weighted by Gasteiger charge is -2.22. The molecule has 0 saturated carbocycles. The fourth-order valence-corrected chi connectivity index (χ4v) is 6.59. The van der Waals surface area contributed by atoms with Gasteiger partial charge < -0.3 is 9.88 Å². The zero-order valence-corrected chi connectivity index (χ0v) is 25.6. The van der Waals surface area contributed by atoms with Gasteiger partial charge in [0.15, 0.2) is 11.0 Å². The number of nitrogens with one attached hydrogen (secondary N) is 1. The van der Waals surface area contributed by atoms with Crippen LogP contribution >= 0.6 is 23.1 Å². The summed E-state index contributed by atoms with van der Waals surface area (Å²) in [4.78, 5) is 27.3. The van der Waals surface area contributed by atoms with Crippen LogP contribution in [0, 0.1) is 11.6 Å². The highest BCUT2D eigenvalue weighted by Crippen LogP contribution is 2.34. The van der Waals surface area contributed by atoms with Crippen molar-refractivity contribution in [2.24, 2.45) is 5.10 Å². The Morgan fingerprint density at radius 1 is 0.933 bits per heavy atom. The first-order valence-electron chi connectivity index (χ1n) is 14.3. The molecule has 0 aliphatic carbocycles. The van der Waals surface area contributed by atoms with Crippen LogP contribution in [0.3, 0.4) is 0 Å². The van der Waals surface area contributed by atoms with E-state index in [2.05, 4.69) is 15.5 Å². The van der Waals surface area contributed by atoms with E-state index in [1.54, 1.807) is 29.5 Å². The third kappa shape index (κ3) is 7.18. The first kappa shape index (κ1) is 30.4. The van der Waals surface area contributed by atoms with E-state index < -0.39 is 11.7 Å². The minimum Gasteiger partial charge on any atom is -0.345 e. The molecule has 2 aromatic heterocycles. The zero-order chi connectivity index (χ0) is 31.2. The monoisotopic (exact) mass is 642 g/mol. The number of hydrogen-bond donors (Lipinski definition) is 1. The Morgan fingerprint density at radius 2 is 1.71 bits per heavy atom. The highest BCUT2D eigenvalue weighted by molar-refractivity contribution is 7.99. The number of benzene rings is 3. The van der Waals surface area contributed by atoms with Crippen molar-refractivity contribution in [3.8, 4) is 0 Å². The van der Waals surface area contributed by atoms with Gasteiger partial charge in [-0.05, 0) is 53.3 Å². The summed E-state index contributed by atoms with van der Waals surface area (Å²) in [5.41, 5.74) is 2.65. The highest BCUT2D eigenvalue weighted by atomic mass is 32.2. The Kier molecular flexibility index (Phi) is 9.41. The molecule has 5 aromatic rings. The number of nitrogens with zero attached hydrogens (tertiary/aromatic N) is 5. The fourth-order valence-electron chi connectivity index (χ4n) is 5.04. The zero-order valence-electron chi connectivity index (χ0n) is 24.0. The number of thiophene rings is 1. The summed E-state index contributed by atoms with van der Waals surface area (Å²) in [6.07, 6.45) is 1.18. The third-order valence-corrected chi connectivity index (χ3v) is 9.21. The molecule has 3 heterocycles. The number of amides is 2. The predicted octanol–water partition coefficient (Wildman–Crippen LogP) is 6.26. The Labute approximate surface area is 266 Å². The smallest absolute Gasteiger partial charge is 0.254 e. The summed E-state index contributed by atoms with van der Waals surface area (Å²) in [7, 11) is 0. The van der Waals surface area contributed by atoms with Gasteiger partial charge >= 0.3 is 0 Å². The van der Waals surface area contributed by atoms with Crippen LogP contribution in [0.15, 0.2) is 107 Å². The second-order valence-corrected chi connectivity index (χ2v) is 12.2. The van der Waals surface area contributed by atoms with Crippen molar-refractivity contribution >= 4 is 40.6 Å². The van der Waals surface area contributed by atoms with E-state index in [9.17, 15) is 18.4 Å². The number of carbonyl (C=O) groups is 2. The molecule has 1 unspecified atom stereocenters. The molecule has 0 saturated heterocycles. The molecule has 0 radical (unpaired) electrons. The number of hydrogen-bond acceptors (Lipinski definition) is 7. The van der Waals surface area contributed by atoms with E-state index in [0.717, 1.165) is 21.7 Å². The number of hydrazone groups is 1. The Hall–Kier alpha value is -4.68. The molecule has 0 bridgehead atoms. The summed E-state index contributed by atoms with van der Waals surface area (Å²) in [6.45, 7) is 0.526. The van der Waals surface area contributed by atoms with Crippen molar-refractivity contribution in [3.63, 3.8) is 0 Å². The van der Waals surface area contributed by atoms with Crippen LogP contribution < -0.4 is 5.32 Å². The molecule has 0 fully saturated rings. The second-order valence-electron chi connectivity index (χ2n) is 10.3. The second kappa shape index (κ2) is 14.0. The minimum atomic E-state index is -0.610. The molecule has 8 nitrogen and oxygen atoms in total. The molecule has 12 heteroatoms. The van der Waals surface area contributed by atoms with Gasteiger partial charge in [0.1, 0.15) is 11.6 Å². The predicted molar refractivity (Wildman–Crippen MR) is 170 cm³/mol. The normalized spacial score (nSPS) is 14.4. The maximum atomic E-state index is 14.2. The standard InChI is InChI=1S/C33H28F2N6O2S2/c34-24-14-12-23(13-15-24)28-19-27(29-11-6-18-44-29)39-41(28)31(42)21-45-33-38-37-30(40(33)17-16-22-7-2-1-3-8-22)20-36-32(43)25-9-4-5-10-26(25)35/h1-15,18,28H,16-17,19-21H2,(H,36,43). The van der Waals surface area contributed by atoms with Gasteiger partial charge in [-0.3, -0.25) is 9.59 Å². The molecule has 228 valence electrons. The van der Waals surface area contributed by atoms with Gasteiger partial charge in [0, 0.05) is 13.0 Å². The molecule has 1 atom stereocenters. The van der Waals surface area contributed by atoms with E-state index in [1.165, 1.54) is 47.1 Å². The van der Waals surface area contributed by atoms with Gasteiger partial charge in [0.2, 0.25) is 0 Å².